The number of rotatable bonds is 6. The Morgan fingerprint density at radius 2 is 2.14 bits per heavy atom. The lowest BCUT2D eigenvalue weighted by Gasteiger charge is -2.22. The summed E-state index contributed by atoms with van der Waals surface area (Å²) in [6.07, 6.45) is 2.31. The van der Waals surface area contributed by atoms with Gasteiger partial charge in [-0.1, -0.05) is 30.0 Å². The number of amides is 1. The topological polar surface area (TPSA) is 72.6 Å². The van der Waals surface area contributed by atoms with Crippen LogP contribution in [-0.2, 0) is 11.8 Å². The number of aryl methyl sites for hydroxylation is 1. The van der Waals surface area contributed by atoms with Gasteiger partial charge in [-0.2, -0.15) is 5.10 Å². The molecule has 144 valence electrons. The first-order valence-corrected chi connectivity index (χ1v) is 10.6. The zero-order valence-corrected chi connectivity index (χ0v) is 17.1. The van der Waals surface area contributed by atoms with Crippen molar-refractivity contribution in [3.8, 4) is 5.75 Å². The predicted octanol–water partition coefficient (Wildman–Crippen LogP) is 3.36. The molecule has 1 aliphatic rings. The van der Waals surface area contributed by atoms with Crippen molar-refractivity contribution in [3.63, 3.8) is 0 Å². The molecule has 1 atom stereocenters. The summed E-state index contributed by atoms with van der Waals surface area (Å²) in [6.45, 7) is 0. The Hall–Kier alpha value is -2.65. The van der Waals surface area contributed by atoms with Crippen LogP contribution in [0.5, 0.6) is 5.75 Å². The van der Waals surface area contributed by atoms with Gasteiger partial charge >= 0.3 is 0 Å². The van der Waals surface area contributed by atoms with Crippen molar-refractivity contribution >= 4 is 34.7 Å². The Labute approximate surface area is 171 Å². The molecule has 1 aromatic carbocycles. The summed E-state index contributed by atoms with van der Waals surface area (Å²) in [5, 5.41) is 16.9. The Morgan fingerprint density at radius 3 is 2.79 bits per heavy atom. The molecular formula is C19H19N5O2S2. The molecule has 0 saturated carbocycles. The standard InChI is InChI=1S/C19H19N5O2S2/c1-23-12-20-21-19(23)28-11-18(25)24-16(13-5-7-14(26-2)8-6-13)10-15(22-24)17-4-3-9-27-17/h3-9,12,16H,10-11H2,1-2H3/t16-/m1/s1. The molecular weight excluding hydrogens is 394 g/mol. The van der Waals surface area contributed by atoms with Crippen LogP contribution in [0.25, 0.3) is 0 Å². The summed E-state index contributed by atoms with van der Waals surface area (Å²) in [4.78, 5) is 14.1. The average Bonchev–Trinajstić information content (AvgIpc) is 3.46. The fourth-order valence-electron chi connectivity index (χ4n) is 3.01. The van der Waals surface area contributed by atoms with Crippen molar-refractivity contribution in [1.29, 1.82) is 0 Å². The van der Waals surface area contributed by atoms with Crippen LogP contribution in [0.4, 0.5) is 0 Å². The van der Waals surface area contributed by atoms with Crippen molar-refractivity contribution in [1.82, 2.24) is 19.8 Å². The lowest BCUT2D eigenvalue weighted by Crippen LogP contribution is -2.28. The Morgan fingerprint density at radius 1 is 1.32 bits per heavy atom. The molecule has 0 fully saturated rings. The zero-order valence-electron chi connectivity index (χ0n) is 15.5. The third-order valence-corrected chi connectivity index (χ3v) is 6.40. The van der Waals surface area contributed by atoms with Crippen molar-refractivity contribution in [3.05, 3.63) is 58.5 Å². The van der Waals surface area contributed by atoms with Crippen LogP contribution >= 0.6 is 23.1 Å². The maximum absolute atomic E-state index is 13.0. The first-order valence-electron chi connectivity index (χ1n) is 8.70. The Balaban J connectivity index is 1.57. The summed E-state index contributed by atoms with van der Waals surface area (Å²) in [6, 6.07) is 11.7. The number of thiophene rings is 1. The molecule has 0 aliphatic carbocycles. The maximum atomic E-state index is 13.0. The highest BCUT2D eigenvalue weighted by Crippen LogP contribution is 2.35. The van der Waals surface area contributed by atoms with Crippen LogP contribution in [-0.4, -0.2) is 44.3 Å². The van der Waals surface area contributed by atoms with E-state index in [2.05, 4.69) is 15.3 Å². The molecule has 1 aliphatic heterocycles. The zero-order chi connectivity index (χ0) is 19.5. The van der Waals surface area contributed by atoms with E-state index in [9.17, 15) is 4.79 Å². The summed E-state index contributed by atoms with van der Waals surface area (Å²) in [7, 11) is 3.50. The number of hydrogen-bond acceptors (Lipinski definition) is 7. The van der Waals surface area contributed by atoms with Gasteiger partial charge < -0.3 is 9.30 Å². The minimum absolute atomic E-state index is 0.0552. The number of aromatic nitrogens is 3. The van der Waals surface area contributed by atoms with Gasteiger partial charge in [-0.05, 0) is 29.1 Å². The molecule has 4 rings (SSSR count). The van der Waals surface area contributed by atoms with Crippen LogP contribution in [0.15, 0.2) is 58.4 Å². The highest BCUT2D eigenvalue weighted by atomic mass is 32.2. The quantitative estimate of drug-likeness (QED) is 0.580. The van der Waals surface area contributed by atoms with E-state index in [1.165, 1.54) is 11.8 Å². The lowest BCUT2D eigenvalue weighted by atomic mass is 10.0. The second-order valence-electron chi connectivity index (χ2n) is 6.27. The Bertz CT molecular complexity index is 982. The maximum Gasteiger partial charge on any atom is 0.253 e. The Kier molecular flexibility index (Phi) is 5.45. The molecule has 28 heavy (non-hydrogen) atoms. The normalized spacial score (nSPS) is 16.3. The monoisotopic (exact) mass is 413 g/mol. The SMILES string of the molecule is COc1ccc([C@H]2CC(c3cccs3)=NN2C(=O)CSc2nncn2C)cc1. The van der Waals surface area contributed by atoms with E-state index in [0.29, 0.717) is 11.6 Å². The summed E-state index contributed by atoms with van der Waals surface area (Å²) >= 11 is 3.00. The van der Waals surface area contributed by atoms with Gasteiger partial charge in [0.25, 0.3) is 5.91 Å². The molecule has 2 aromatic heterocycles. The van der Waals surface area contributed by atoms with Gasteiger partial charge in [0, 0.05) is 13.5 Å². The molecule has 0 N–H and O–H groups in total. The number of carbonyl (C=O) groups is 1. The summed E-state index contributed by atoms with van der Waals surface area (Å²) in [5.41, 5.74) is 1.97. The number of carbonyl (C=O) groups excluding carboxylic acids is 1. The van der Waals surface area contributed by atoms with Gasteiger partial charge in [0.2, 0.25) is 0 Å². The lowest BCUT2D eigenvalue weighted by molar-refractivity contribution is -0.130. The predicted molar refractivity (Wildman–Crippen MR) is 110 cm³/mol. The van der Waals surface area contributed by atoms with E-state index in [-0.39, 0.29) is 17.7 Å². The minimum atomic E-state index is -0.129. The fraction of sp³-hybridized carbons (Fsp3) is 0.263. The summed E-state index contributed by atoms with van der Waals surface area (Å²) in [5.74, 6) is 0.984. The third-order valence-electron chi connectivity index (χ3n) is 4.47. The van der Waals surface area contributed by atoms with Crippen molar-refractivity contribution < 1.29 is 9.53 Å². The highest BCUT2D eigenvalue weighted by molar-refractivity contribution is 7.99. The van der Waals surface area contributed by atoms with Crippen LogP contribution in [0.3, 0.4) is 0 Å². The summed E-state index contributed by atoms with van der Waals surface area (Å²) < 4.78 is 7.05. The van der Waals surface area contributed by atoms with Gasteiger partial charge in [0.05, 0.1) is 29.5 Å². The van der Waals surface area contributed by atoms with Crippen molar-refractivity contribution in [2.45, 2.75) is 17.6 Å². The molecule has 0 unspecified atom stereocenters. The molecule has 3 aromatic rings. The largest absolute Gasteiger partial charge is 0.497 e. The molecule has 9 heteroatoms. The number of ether oxygens (including phenoxy) is 1. The van der Waals surface area contributed by atoms with Crippen molar-refractivity contribution in [2.75, 3.05) is 12.9 Å². The van der Waals surface area contributed by atoms with E-state index in [4.69, 9.17) is 4.74 Å². The van der Waals surface area contributed by atoms with Gasteiger partial charge in [-0.15, -0.1) is 21.5 Å². The van der Waals surface area contributed by atoms with E-state index < -0.39 is 0 Å². The fourth-order valence-corrected chi connectivity index (χ4v) is 4.47. The first-order chi connectivity index (χ1) is 13.7. The van der Waals surface area contributed by atoms with E-state index in [1.807, 2.05) is 48.8 Å². The smallest absolute Gasteiger partial charge is 0.253 e. The van der Waals surface area contributed by atoms with E-state index in [0.717, 1.165) is 21.9 Å². The van der Waals surface area contributed by atoms with Crippen LogP contribution in [0, 0.1) is 0 Å². The number of hydrazone groups is 1. The van der Waals surface area contributed by atoms with Crippen LogP contribution < -0.4 is 4.74 Å². The molecule has 0 saturated heterocycles. The van der Waals surface area contributed by atoms with E-state index >= 15 is 0 Å². The number of methoxy groups -OCH3 is 1. The van der Waals surface area contributed by atoms with Gasteiger partial charge in [-0.3, -0.25) is 4.79 Å². The molecule has 0 spiro atoms. The number of hydrogen-bond donors (Lipinski definition) is 0. The highest BCUT2D eigenvalue weighted by Gasteiger charge is 2.33. The van der Waals surface area contributed by atoms with Crippen molar-refractivity contribution in [2.24, 2.45) is 12.1 Å². The first kappa shape index (κ1) is 18.7. The van der Waals surface area contributed by atoms with Gasteiger partial charge in [0.1, 0.15) is 12.1 Å². The average molecular weight is 414 g/mol. The number of thioether (sulfide) groups is 1. The molecule has 3 heterocycles. The minimum Gasteiger partial charge on any atom is -0.497 e. The second kappa shape index (κ2) is 8.15. The second-order valence-corrected chi connectivity index (χ2v) is 8.16. The van der Waals surface area contributed by atoms with E-state index in [1.54, 1.807) is 34.3 Å². The van der Waals surface area contributed by atoms with Crippen LogP contribution in [0.1, 0.15) is 22.9 Å². The molecule has 1 amide bonds. The number of nitrogens with zero attached hydrogens (tertiary/aromatic N) is 5. The molecule has 7 nitrogen and oxygen atoms in total. The van der Waals surface area contributed by atoms with Crippen LogP contribution in [0.2, 0.25) is 0 Å². The van der Waals surface area contributed by atoms with Gasteiger partial charge in [-0.25, -0.2) is 5.01 Å². The number of benzene rings is 1. The third kappa shape index (κ3) is 3.81. The molecule has 0 radical (unpaired) electrons. The molecule has 0 bridgehead atoms. The van der Waals surface area contributed by atoms with Gasteiger partial charge in [0.15, 0.2) is 5.16 Å².